The van der Waals surface area contributed by atoms with Crippen LogP contribution in [0.15, 0.2) is 42.6 Å². The number of carbonyl (C=O) groups is 1. The number of aromatic amines is 1. The van der Waals surface area contributed by atoms with E-state index in [4.69, 9.17) is 0 Å². The summed E-state index contributed by atoms with van der Waals surface area (Å²) in [6.07, 6.45) is 1.67. The van der Waals surface area contributed by atoms with E-state index in [9.17, 15) is 4.79 Å². The Kier molecular flexibility index (Phi) is 3.50. The second-order valence-electron chi connectivity index (χ2n) is 5.60. The van der Waals surface area contributed by atoms with Crippen molar-refractivity contribution in [2.45, 2.75) is 6.92 Å². The number of hydrogen-bond acceptors (Lipinski definition) is 5. The Morgan fingerprint density at radius 2 is 2.08 bits per heavy atom. The second-order valence-corrected chi connectivity index (χ2v) is 5.60. The number of fused-ring (bicyclic) bond motifs is 1. The molecule has 2 N–H and O–H groups in total. The molecule has 8 heteroatoms. The highest BCUT2D eigenvalue weighted by atomic mass is 16.1. The van der Waals surface area contributed by atoms with E-state index < -0.39 is 0 Å². The van der Waals surface area contributed by atoms with Gasteiger partial charge in [0.1, 0.15) is 11.5 Å². The van der Waals surface area contributed by atoms with Crippen LogP contribution < -0.4 is 5.32 Å². The van der Waals surface area contributed by atoms with Crippen molar-refractivity contribution in [3.8, 4) is 11.5 Å². The zero-order valence-corrected chi connectivity index (χ0v) is 13.7. The number of nitrogens with one attached hydrogen (secondary N) is 2. The molecule has 0 bridgehead atoms. The molecule has 0 saturated heterocycles. The molecule has 124 valence electrons. The molecular formula is C17H15N7O. The summed E-state index contributed by atoms with van der Waals surface area (Å²) in [7, 11) is 1.92. The molecule has 4 rings (SSSR count). The Morgan fingerprint density at radius 1 is 1.20 bits per heavy atom. The number of nitrogens with zero attached hydrogens (tertiary/aromatic N) is 5. The average molecular weight is 333 g/mol. The summed E-state index contributed by atoms with van der Waals surface area (Å²) in [6.45, 7) is 1.92. The summed E-state index contributed by atoms with van der Waals surface area (Å²) >= 11 is 0. The fourth-order valence-electron chi connectivity index (χ4n) is 2.56. The Bertz CT molecular complexity index is 1070. The number of amides is 1. The molecular weight excluding hydrogens is 318 g/mol. The van der Waals surface area contributed by atoms with E-state index in [0.717, 1.165) is 16.9 Å². The van der Waals surface area contributed by atoms with Crippen LogP contribution in [-0.4, -0.2) is 35.6 Å². The van der Waals surface area contributed by atoms with E-state index in [0.29, 0.717) is 17.1 Å². The van der Waals surface area contributed by atoms with E-state index in [1.165, 1.54) is 0 Å². The van der Waals surface area contributed by atoms with Crippen molar-refractivity contribution in [2.75, 3.05) is 5.32 Å². The van der Waals surface area contributed by atoms with Gasteiger partial charge < -0.3 is 4.57 Å². The monoisotopic (exact) mass is 333 g/mol. The maximum absolute atomic E-state index is 12.5. The Morgan fingerprint density at radius 3 is 2.88 bits per heavy atom. The van der Waals surface area contributed by atoms with Crippen molar-refractivity contribution in [3.05, 3.63) is 54.0 Å². The zero-order chi connectivity index (χ0) is 17.4. The molecule has 0 spiro atoms. The van der Waals surface area contributed by atoms with Gasteiger partial charge in [-0.2, -0.15) is 4.98 Å². The SMILES string of the molecule is Cc1nc2ccc(C(=O)Nc3n[nH]c(-c4ccccn4)n3)cc2n1C. The predicted octanol–water partition coefficient (Wildman–Crippen LogP) is 2.31. The molecule has 0 radical (unpaired) electrons. The normalized spacial score (nSPS) is 11.0. The van der Waals surface area contributed by atoms with Gasteiger partial charge in [-0.05, 0) is 37.3 Å². The van der Waals surface area contributed by atoms with Gasteiger partial charge in [-0.3, -0.25) is 20.2 Å². The molecule has 0 saturated carbocycles. The van der Waals surface area contributed by atoms with E-state index in [1.54, 1.807) is 18.3 Å². The van der Waals surface area contributed by atoms with Crippen LogP contribution in [0, 0.1) is 6.92 Å². The minimum Gasteiger partial charge on any atom is -0.331 e. The van der Waals surface area contributed by atoms with Gasteiger partial charge in [0.05, 0.1) is 11.0 Å². The first-order valence-electron chi connectivity index (χ1n) is 7.70. The van der Waals surface area contributed by atoms with E-state index >= 15 is 0 Å². The van der Waals surface area contributed by atoms with Gasteiger partial charge >= 0.3 is 0 Å². The Hall–Kier alpha value is -3.55. The molecule has 0 aliphatic rings. The lowest BCUT2D eigenvalue weighted by Gasteiger charge is -2.02. The number of rotatable bonds is 3. The largest absolute Gasteiger partial charge is 0.331 e. The standard InChI is InChI=1S/C17H15N7O/c1-10-19-12-7-6-11(9-14(12)24(10)2)16(25)21-17-20-15(22-23-17)13-5-3-4-8-18-13/h3-9H,1-2H3,(H2,20,21,22,23,25). The number of imidazole rings is 1. The molecule has 0 atom stereocenters. The number of hydrogen-bond donors (Lipinski definition) is 2. The highest BCUT2D eigenvalue weighted by molar-refractivity contribution is 6.05. The van der Waals surface area contributed by atoms with Crippen molar-refractivity contribution in [2.24, 2.45) is 7.05 Å². The van der Waals surface area contributed by atoms with Crippen LogP contribution in [0.1, 0.15) is 16.2 Å². The lowest BCUT2D eigenvalue weighted by atomic mass is 10.2. The van der Waals surface area contributed by atoms with Crippen molar-refractivity contribution >= 4 is 22.9 Å². The van der Waals surface area contributed by atoms with E-state index in [1.807, 2.05) is 42.8 Å². The predicted molar refractivity (Wildman–Crippen MR) is 93.0 cm³/mol. The van der Waals surface area contributed by atoms with Crippen LogP contribution in [0.4, 0.5) is 5.95 Å². The minimum absolute atomic E-state index is 0.201. The first-order chi connectivity index (χ1) is 12.1. The van der Waals surface area contributed by atoms with Crippen molar-refractivity contribution in [3.63, 3.8) is 0 Å². The molecule has 0 aliphatic carbocycles. The lowest BCUT2D eigenvalue weighted by Crippen LogP contribution is -2.13. The van der Waals surface area contributed by atoms with Crippen LogP contribution >= 0.6 is 0 Å². The Balaban J connectivity index is 1.58. The maximum atomic E-state index is 12.5. The summed E-state index contributed by atoms with van der Waals surface area (Å²) in [4.78, 5) is 25.3. The third-order valence-corrected chi connectivity index (χ3v) is 3.98. The first-order valence-corrected chi connectivity index (χ1v) is 7.70. The van der Waals surface area contributed by atoms with Crippen LogP contribution in [0.25, 0.3) is 22.6 Å². The highest BCUT2D eigenvalue weighted by Gasteiger charge is 2.13. The summed E-state index contributed by atoms with van der Waals surface area (Å²) in [6, 6.07) is 10.8. The molecule has 3 aromatic heterocycles. The van der Waals surface area contributed by atoms with Gasteiger partial charge in [0.15, 0.2) is 5.82 Å². The topological polar surface area (TPSA) is 101 Å². The molecule has 1 amide bonds. The molecule has 1 aromatic carbocycles. The summed E-state index contributed by atoms with van der Waals surface area (Å²) in [5.74, 6) is 1.30. The summed E-state index contributed by atoms with van der Waals surface area (Å²) in [5.41, 5.74) is 2.92. The number of H-pyrrole nitrogens is 1. The number of carbonyl (C=O) groups excluding carboxylic acids is 1. The van der Waals surface area contributed by atoms with Crippen molar-refractivity contribution in [1.29, 1.82) is 0 Å². The molecule has 4 aromatic rings. The molecule has 0 aliphatic heterocycles. The minimum atomic E-state index is -0.285. The number of aromatic nitrogens is 6. The van der Waals surface area contributed by atoms with Gasteiger partial charge in [-0.1, -0.05) is 6.07 Å². The van der Waals surface area contributed by atoms with Crippen LogP contribution in [-0.2, 0) is 7.05 Å². The van der Waals surface area contributed by atoms with Gasteiger partial charge in [0.2, 0.25) is 5.95 Å². The van der Waals surface area contributed by atoms with Crippen LogP contribution in [0.5, 0.6) is 0 Å². The van der Waals surface area contributed by atoms with Gasteiger partial charge in [-0.15, -0.1) is 5.10 Å². The molecule has 8 nitrogen and oxygen atoms in total. The number of benzene rings is 1. The molecule has 3 heterocycles. The number of pyridine rings is 1. The maximum Gasteiger partial charge on any atom is 0.258 e. The average Bonchev–Trinajstić information content (AvgIpc) is 3.21. The van der Waals surface area contributed by atoms with Crippen molar-refractivity contribution < 1.29 is 4.79 Å². The third kappa shape index (κ3) is 2.74. The summed E-state index contributed by atoms with van der Waals surface area (Å²) < 4.78 is 1.94. The summed E-state index contributed by atoms with van der Waals surface area (Å²) in [5, 5.41) is 9.47. The van der Waals surface area contributed by atoms with Crippen LogP contribution in [0.3, 0.4) is 0 Å². The molecule has 0 fully saturated rings. The molecule has 0 unspecified atom stereocenters. The smallest absolute Gasteiger partial charge is 0.258 e. The fraction of sp³-hybridized carbons (Fsp3) is 0.118. The first kappa shape index (κ1) is 15.0. The Labute approximate surface area is 143 Å². The van der Waals surface area contributed by atoms with E-state index in [-0.39, 0.29) is 11.9 Å². The van der Waals surface area contributed by atoms with Gasteiger partial charge in [0, 0.05) is 18.8 Å². The number of anilines is 1. The van der Waals surface area contributed by atoms with E-state index in [2.05, 4.69) is 30.5 Å². The second kappa shape index (κ2) is 5.82. The number of aryl methyl sites for hydroxylation is 2. The highest BCUT2D eigenvalue weighted by Crippen LogP contribution is 2.18. The molecule has 25 heavy (non-hydrogen) atoms. The quantitative estimate of drug-likeness (QED) is 0.599. The fourth-order valence-corrected chi connectivity index (χ4v) is 2.56. The van der Waals surface area contributed by atoms with Gasteiger partial charge in [-0.25, -0.2) is 4.98 Å². The van der Waals surface area contributed by atoms with Gasteiger partial charge in [0.25, 0.3) is 5.91 Å². The van der Waals surface area contributed by atoms with Crippen molar-refractivity contribution in [1.82, 2.24) is 29.7 Å². The van der Waals surface area contributed by atoms with Crippen LogP contribution in [0.2, 0.25) is 0 Å². The third-order valence-electron chi connectivity index (χ3n) is 3.98. The lowest BCUT2D eigenvalue weighted by molar-refractivity contribution is 0.102. The zero-order valence-electron chi connectivity index (χ0n) is 13.7.